The molecular weight excluding hydrogens is 314 g/mol. The van der Waals surface area contributed by atoms with Crippen LogP contribution in [0.2, 0.25) is 0 Å². The molecule has 1 saturated heterocycles. The number of aryl methyl sites for hydroxylation is 1. The van der Waals surface area contributed by atoms with Gasteiger partial charge in [0.1, 0.15) is 0 Å². The van der Waals surface area contributed by atoms with Crippen molar-refractivity contribution in [2.75, 3.05) is 17.2 Å². The van der Waals surface area contributed by atoms with Crippen molar-refractivity contribution in [2.24, 2.45) is 13.0 Å². The van der Waals surface area contributed by atoms with Crippen LogP contribution in [-0.2, 0) is 20.9 Å². The Kier molecular flexibility index (Phi) is 3.41. The lowest BCUT2D eigenvalue weighted by molar-refractivity contribution is -0.117. The predicted octanol–water partition coefficient (Wildman–Crippen LogP) is 1.49. The summed E-state index contributed by atoms with van der Waals surface area (Å²) >= 11 is 0. The zero-order valence-corrected chi connectivity index (χ0v) is 12.9. The number of aromatic nitrogens is 2. The number of fused-ring (bicyclic) bond motifs is 1. The van der Waals surface area contributed by atoms with E-state index >= 15 is 0 Å². The van der Waals surface area contributed by atoms with Gasteiger partial charge in [0.05, 0.1) is 16.8 Å². The summed E-state index contributed by atoms with van der Waals surface area (Å²) in [6.45, 7) is 0.321. The molecule has 0 spiro atoms. The summed E-state index contributed by atoms with van der Waals surface area (Å²) in [5.74, 6) is -0.0741. The number of nitrogens with zero attached hydrogens (tertiary/aromatic N) is 3. The number of carbonyl (C=O) groups excluding carboxylic acids is 1. The van der Waals surface area contributed by atoms with Gasteiger partial charge in [0.25, 0.3) is 0 Å². The molecule has 1 unspecified atom stereocenters. The normalized spacial score (nSPS) is 19.6. The summed E-state index contributed by atoms with van der Waals surface area (Å²) in [4.78, 5) is 18.1. The van der Waals surface area contributed by atoms with Gasteiger partial charge in [0.15, 0.2) is 0 Å². The lowest BCUT2D eigenvalue weighted by Gasteiger charge is -2.15. The number of halogens is 1. The fourth-order valence-electron chi connectivity index (χ4n) is 2.74. The van der Waals surface area contributed by atoms with Crippen molar-refractivity contribution < 1.29 is 13.2 Å². The topological polar surface area (TPSA) is 72.3 Å². The van der Waals surface area contributed by atoms with Crippen molar-refractivity contribution in [3.63, 3.8) is 0 Å². The highest BCUT2D eigenvalue weighted by atomic mass is 35.7. The van der Waals surface area contributed by atoms with Crippen molar-refractivity contribution in [1.82, 2.24) is 9.55 Å². The molecule has 0 saturated carbocycles. The van der Waals surface area contributed by atoms with E-state index in [4.69, 9.17) is 10.7 Å². The molecule has 2 aromatic rings. The highest BCUT2D eigenvalue weighted by Crippen LogP contribution is 2.28. The molecule has 0 aliphatic carbocycles. The van der Waals surface area contributed by atoms with Crippen LogP contribution in [0.4, 0.5) is 5.95 Å². The Labute approximate surface area is 126 Å². The zero-order chi connectivity index (χ0) is 15.2. The van der Waals surface area contributed by atoms with Crippen molar-refractivity contribution >= 4 is 42.6 Å². The van der Waals surface area contributed by atoms with Gasteiger partial charge in [-0.05, 0) is 12.1 Å². The van der Waals surface area contributed by atoms with Crippen LogP contribution in [0.25, 0.3) is 11.0 Å². The minimum atomic E-state index is -3.61. The summed E-state index contributed by atoms with van der Waals surface area (Å²) in [5, 5.41) is 0. The number of amides is 1. The van der Waals surface area contributed by atoms with E-state index in [9.17, 15) is 13.2 Å². The van der Waals surface area contributed by atoms with Gasteiger partial charge in [-0.15, -0.1) is 0 Å². The average molecular weight is 328 g/mol. The highest BCUT2D eigenvalue weighted by molar-refractivity contribution is 8.13. The number of para-hydroxylation sites is 2. The summed E-state index contributed by atoms with van der Waals surface area (Å²) < 4.78 is 24.2. The van der Waals surface area contributed by atoms with Gasteiger partial charge in [0, 0.05) is 36.6 Å². The summed E-state index contributed by atoms with van der Waals surface area (Å²) in [5.41, 5.74) is 1.73. The second-order valence-corrected chi connectivity index (χ2v) is 8.06. The first-order chi connectivity index (χ1) is 9.85. The first kappa shape index (κ1) is 14.3. The predicted molar refractivity (Wildman–Crippen MR) is 80.8 cm³/mol. The average Bonchev–Trinajstić information content (AvgIpc) is 2.89. The maximum absolute atomic E-state index is 12.1. The minimum absolute atomic E-state index is 0.126. The molecule has 1 amide bonds. The summed E-state index contributed by atoms with van der Waals surface area (Å²) in [6.07, 6.45) is 0.176. The number of benzene rings is 1. The van der Waals surface area contributed by atoms with E-state index in [-0.39, 0.29) is 24.0 Å². The van der Waals surface area contributed by atoms with Crippen LogP contribution in [0.1, 0.15) is 6.42 Å². The third-order valence-corrected chi connectivity index (χ3v) is 4.89. The quantitative estimate of drug-likeness (QED) is 0.801. The van der Waals surface area contributed by atoms with E-state index in [2.05, 4.69) is 4.98 Å². The van der Waals surface area contributed by atoms with Gasteiger partial charge in [0.2, 0.25) is 20.9 Å². The van der Waals surface area contributed by atoms with Crippen LogP contribution in [0.5, 0.6) is 0 Å². The smallest absolute Gasteiger partial charge is 0.232 e. The second-order valence-electron chi connectivity index (χ2n) is 5.24. The Balaban J connectivity index is 1.92. The van der Waals surface area contributed by atoms with E-state index in [1.165, 1.54) is 4.90 Å². The summed E-state index contributed by atoms with van der Waals surface area (Å²) in [6, 6.07) is 7.59. The molecule has 0 radical (unpaired) electrons. The van der Waals surface area contributed by atoms with Gasteiger partial charge in [-0.1, -0.05) is 12.1 Å². The molecule has 3 rings (SSSR count). The molecule has 1 aliphatic rings. The lowest BCUT2D eigenvalue weighted by Crippen LogP contribution is -2.28. The molecule has 6 nitrogen and oxygen atoms in total. The molecule has 1 atom stereocenters. The largest absolute Gasteiger partial charge is 0.313 e. The molecule has 0 bridgehead atoms. The van der Waals surface area contributed by atoms with E-state index in [1.54, 1.807) is 0 Å². The number of imidazole rings is 1. The standard InChI is InChI=1S/C13H14ClN3O3S/c1-16-11-5-3-2-4-10(11)15-13(16)17-7-9(6-12(17)18)8-21(14,19)20/h2-5,9H,6-8H2,1H3. The first-order valence-electron chi connectivity index (χ1n) is 6.49. The maximum Gasteiger partial charge on any atom is 0.232 e. The minimum Gasteiger partial charge on any atom is -0.313 e. The molecule has 0 N–H and O–H groups in total. The summed E-state index contributed by atoms with van der Waals surface area (Å²) in [7, 11) is 3.50. The number of hydrogen-bond donors (Lipinski definition) is 0. The fraction of sp³-hybridized carbons (Fsp3) is 0.385. The lowest BCUT2D eigenvalue weighted by atomic mass is 10.1. The molecule has 1 aromatic carbocycles. The monoisotopic (exact) mass is 327 g/mol. The molecule has 1 aromatic heterocycles. The van der Waals surface area contributed by atoms with E-state index in [0.29, 0.717) is 12.5 Å². The number of rotatable bonds is 3. The van der Waals surface area contributed by atoms with Gasteiger partial charge in [-0.3, -0.25) is 9.69 Å². The van der Waals surface area contributed by atoms with Crippen LogP contribution < -0.4 is 4.90 Å². The fourth-order valence-corrected chi connectivity index (χ4v) is 4.06. The Morgan fingerprint density at radius 1 is 1.38 bits per heavy atom. The van der Waals surface area contributed by atoms with Crippen LogP contribution in [-0.4, -0.2) is 36.2 Å². The molecule has 1 aliphatic heterocycles. The van der Waals surface area contributed by atoms with Gasteiger partial charge < -0.3 is 4.57 Å². The maximum atomic E-state index is 12.1. The van der Waals surface area contributed by atoms with Crippen LogP contribution in [0.15, 0.2) is 24.3 Å². The number of hydrogen-bond acceptors (Lipinski definition) is 4. The van der Waals surface area contributed by atoms with E-state index < -0.39 is 9.05 Å². The molecule has 112 valence electrons. The molecule has 21 heavy (non-hydrogen) atoms. The third kappa shape index (κ3) is 2.75. The van der Waals surface area contributed by atoms with Gasteiger partial charge in [-0.2, -0.15) is 0 Å². The SMILES string of the molecule is Cn1c(N2CC(CS(=O)(=O)Cl)CC2=O)nc2ccccc21. The molecule has 1 fully saturated rings. The van der Waals surface area contributed by atoms with Crippen molar-refractivity contribution in [3.8, 4) is 0 Å². The number of carbonyl (C=O) groups is 1. The van der Waals surface area contributed by atoms with Crippen LogP contribution in [0, 0.1) is 5.92 Å². The van der Waals surface area contributed by atoms with Gasteiger partial charge in [-0.25, -0.2) is 13.4 Å². The van der Waals surface area contributed by atoms with Crippen LogP contribution >= 0.6 is 10.7 Å². The van der Waals surface area contributed by atoms with E-state index in [1.807, 2.05) is 35.9 Å². The van der Waals surface area contributed by atoms with Crippen LogP contribution in [0.3, 0.4) is 0 Å². The highest BCUT2D eigenvalue weighted by Gasteiger charge is 2.35. The molecular formula is C13H14ClN3O3S. The number of anilines is 1. The molecule has 2 heterocycles. The molecule has 8 heteroatoms. The Morgan fingerprint density at radius 2 is 2.10 bits per heavy atom. The van der Waals surface area contributed by atoms with Crippen molar-refractivity contribution in [3.05, 3.63) is 24.3 Å². The second kappa shape index (κ2) is 4.99. The van der Waals surface area contributed by atoms with Crippen molar-refractivity contribution in [2.45, 2.75) is 6.42 Å². The Bertz CT molecular complexity index is 815. The van der Waals surface area contributed by atoms with E-state index in [0.717, 1.165) is 11.0 Å². The van der Waals surface area contributed by atoms with Crippen molar-refractivity contribution in [1.29, 1.82) is 0 Å². The Morgan fingerprint density at radius 3 is 2.76 bits per heavy atom. The first-order valence-corrected chi connectivity index (χ1v) is 8.97. The van der Waals surface area contributed by atoms with Gasteiger partial charge >= 0.3 is 0 Å². The Hall–Kier alpha value is -1.60. The third-order valence-electron chi connectivity index (χ3n) is 3.64. The zero-order valence-electron chi connectivity index (χ0n) is 11.4.